The lowest BCUT2D eigenvalue weighted by atomic mass is 9.91. The van der Waals surface area contributed by atoms with Crippen LogP contribution in [0.5, 0.6) is 0 Å². The van der Waals surface area contributed by atoms with E-state index in [0.29, 0.717) is 0 Å². The molecule has 2 aliphatic heterocycles. The Kier molecular flexibility index (Phi) is 3.59. The van der Waals surface area contributed by atoms with E-state index in [1.165, 1.54) is 0 Å². The van der Waals surface area contributed by atoms with Crippen LogP contribution in [0.3, 0.4) is 0 Å². The monoisotopic (exact) mass is 307 g/mol. The van der Waals surface area contributed by atoms with Gasteiger partial charge in [0.15, 0.2) is 0 Å². The topological polar surface area (TPSA) is 61.9 Å². The van der Waals surface area contributed by atoms with Crippen LogP contribution in [0.15, 0.2) is 75.3 Å². The molecule has 6 nitrogen and oxygen atoms in total. The predicted molar refractivity (Wildman–Crippen MR) is 86.4 cm³/mol. The van der Waals surface area contributed by atoms with Gasteiger partial charge < -0.3 is 9.64 Å². The van der Waals surface area contributed by atoms with Crippen LogP contribution in [0.2, 0.25) is 0 Å². The third-order valence-electron chi connectivity index (χ3n) is 4.23. The van der Waals surface area contributed by atoms with Gasteiger partial charge >= 0.3 is 0 Å². The Hall–Kier alpha value is -2.60. The molecule has 0 unspecified atom stereocenters. The summed E-state index contributed by atoms with van der Waals surface area (Å²) in [5, 5.41) is 16.4. The van der Waals surface area contributed by atoms with Gasteiger partial charge in [-0.15, -0.1) is 10.2 Å². The largest absolute Gasteiger partial charge is 0.378 e. The van der Waals surface area contributed by atoms with Gasteiger partial charge in [-0.2, -0.15) is 0 Å². The molecule has 23 heavy (non-hydrogen) atoms. The Morgan fingerprint density at radius 2 is 1.48 bits per heavy atom. The van der Waals surface area contributed by atoms with Crippen LogP contribution in [0.1, 0.15) is 11.1 Å². The molecule has 0 N–H and O–H groups in total. The lowest BCUT2D eigenvalue weighted by molar-refractivity contribution is 0.122. The smallest absolute Gasteiger partial charge is 0.247 e. The molecule has 0 aliphatic carbocycles. The molecule has 2 aromatic carbocycles. The van der Waals surface area contributed by atoms with E-state index in [-0.39, 0.29) is 0 Å². The molecule has 0 radical (unpaired) electrons. The van der Waals surface area contributed by atoms with E-state index in [1.807, 2.05) is 42.5 Å². The lowest BCUT2D eigenvalue weighted by Gasteiger charge is -2.33. The highest BCUT2D eigenvalue weighted by atomic mass is 16.5. The van der Waals surface area contributed by atoms with E-state index in [2.05, 4.69) is 37.7 Å². The van der Waals surface area contributed by atoms with Crippen molar-refractivity contribution in [1.82, 2.24) is 0 Å². The van der Waals surface area contributed by atoms with Crippen molar-refractivity contribution < 1.29 is 4.74 Å². The van der Waals surface area contributed by atoms with E-state index < -0.39 is 5.66 Å². The molecule has 4 rings (SSSR count). The zero-order chi connectivity index (χ0) is 15.5. The fraction of sp³-hybridized carbons (Fsp3) is 0.294. The SMILES string of the molecule is c1ccc(C2(c3ccccc3N3CCOCC3)N=NN=N2)cc1. The zero-order valence-corrected chi connectivity index (χ0v) is 12.7. The van der Waals surface area contributed by atoms with Crippen molar-refractivity contribution in [2.75, 3.05) is 31.2 Å². The normalized spacial score (nSPS) is 19.2. The van der Waals surface area contributed by atoms with Gasteiger partial charge in [0, 0.05) is 29.9 Å². The van der Waals surface area contributed by atoms with Crippen LogP contribution < -0.4 is 4.90 Å². The molecule has 0 bridgehead atoms. The number of nitrogens with zero attached hydrogens (tertiary/aromatic N) is 5. The molecule has 2 aromatic rings. The van der Waals surface area contributed by atoms with E-state index in [9.17, 15) is 0 Å². The number of para-hydroxylation sites is 1. The first-order valence-corrected chi connectivity index (χ1v) is 7.72. The Morgan fingerprint density at radius 1 is 0.826 bits per heavy atom. The van der Waals surface area contributed by atoms with Gasteiger partial charge in [0.25, 0.3) is 0 Å². The molecule has 6 heteroatoms. The Morgan fingerprint density at radius 3 is 2.22 bits per heavy atom. The minimum absolute atomic E-state index is 0.732. The average Bonchev–Trinajstić information content (AvgIpc) is 3.14. The zero-order valence-electron chi connectivity index (χ0n) is 12.7. The molecular weight excluding hydrogens is 290 g/mol. The van der Waals surface area contributed by atoms with Gasteiger partial charge in [0.1, 0.15) is 0 Å². The Balaban J connectivity index is 1.85. The number of ether oxygens (including phenoxy) is 1. The summed E-state index contributed by atoms with van der Waals surface area (Å²) in [4.78, 5) is 2.31. The molecule has 1 fully saturated rings. The van der Waals surface area contributed by atoms with Crippen molar-refractivity contribution in [3.8, 4) is 0 Å². The second kappa shape index (κ2) is 5.89. The molecule has 0 spiro atoms. The molecule has 2 heterocycles. The summed E-state index contributed by atoms with van der Waals surface area (Å²) < 4.78 is 5.47. The van der Waals surface area contributed by atoms with Gasteiger partial charge in [-0.1, -0.05) is 48.5 Å². The quantitative estimate of drug-likeness (QED) is 0.870. The third-order valence-corrected chi connectivity index (χ3v) is 4.23. The molecule has 1 saturated heterocycles. The Bertz CT molecular complexity index is 726. The number of morpholine rings is 1. The van der Waals surface area contributed by atoms with Crippen LogP contribution >= 0.6 is 0 Å². The fourth-order valence-corrected chi connectivity index (χ4v) is 3.09. The van der Waals surface area contributed by atoms with Gasteiger partial charge in [-0.05, 0) is 16.5 Å². The highest BCUT2D eigenvalue weighted by molar-refractivity contribution is 5.59. The van der Waals surface area contributed by atoms with Gasteiger partial charge in [-0.25, -0.2) is 0 Å². The molecule has 0 atom stereocenters. The van der Waals surface area contributed by atoms with Crippen LogP contribution in [0.4, 0.5) is 5.69 Å². The van der Waals surface area contributed by atoms with Crippen molar-refractivity contribution in [1.29, 1.82) is 0 Å². The molecule has 0 aromatic heterocycles. The Labute approximate surface area is 134 Å². The van der Waals surface area contributed by atoms with Crippen molar-refractivity contribution in [3.05, 3.63) is 65.7 Å². The summed E-state index contributed by atoms with van der Waals surface area (Å²) in [5.74, 6) is 0. The van der Waals surface area contributed by atoms with Crippen LogP contribution in [-0.4, -0.2) is 26.3 Å². The minimum Gasteiger partial charge on any atom is -0.378 e. The van der Waals surface area contributed by atoms with Crippen LogP contribution in [0.25, 0.3) is 0 Å². The van der Waals surface area contributed by atoms with Crippen LogP contribution in [0, 0.1) is 0 Å². The van der Waals surface area contributed by atoms with E-state index >= 15 is 0 Å². The molecule has 2 aliphatic rings. The van der Waals surface area contributed by atoms with E-state index in [1.54, 1.807) is 0 Å². The molecular formula is C17H17N5O. The fourth-order valence-electron chi connectivity index (χ4n) is 3.09. The number of hydrogen-bond acceptors (Lipinski definition) is 6. The summed E-state index contributed by atoms with van der Waals surface area (Å²) in [5.41, 5.74) is 2.18. The standard InChI is InChI=1S/C17H17N5O/c1-2-6-14(7-3-1)17(18-20-21-19-17)15-8-4-5-9-16(15)22-10-12-23-13-11-22/h1-9H,10-13H2. The minimum atomic E-state index is -0.893. The van der Waals surface area contributed by atoms with Gasteiger partial charge in [-0.3, -0.25) is 0 Å². The maximum Gasteiger partial charge on any atom is 0.247 e. The molecule has 0 amide bonds. The highest BCUT2D eigenvalue weighted by Crippen LogP contribution is 2.43. The van der Waals surface area contributed by atoms with Crippen molar-refractivity contribution in [2.24, 2.45) is 20.7 Å². The summed E-state index contributed by atoms with van der Waals surface area (Å²) in [6.45, 7) is 3.18. The van der Waals surface area contributed by atoms with Gasteiger partial charge in [0.05, 0.1) is 13.2 Å². The first-order valence-electron chi connectivity index (χ1n) is 7.72. The molecule has 0 saturated carbocycles. The molecule has 116 valence electrons. The summed E-state index contributed by atoms with van der Waals surface area (Å²) >= 11 is 0. The highest BCUT2D eigenvalue weighted by Gasteiger charge is 2.40. The van der Waals surface area contributed by atoms with Crippen molar-refractivity contribution in [2.45, 2.75) is 5.66 Å². The van der Waals surface area contributed by atoms with Crippen molar-refractivity contribution in [3.63, 3.8) is 0 Å². The van der Waals surface area contributed by atoms with Crippen molar-refractivity contribution >= 4 is 5.69 Å². The number of hydrogen-bond donors (Lipinski definition) is 0. The average molecular weight is 307 g/mol. The summed E-state index contributed by atoms with van der Waals surface area (Å²) in [7, 11) is 0. The van der Waals surface area contributed by atoms with Crippen LogP contribution in [-0.2, 0) is 10.4 Å². The lowest BCUT2D eigenvalue weighted by Crippen LogP contribution is -2.38. The second-order valence-electron chi connectivity index (χ2n) is 5.53. The maximum atomic E-state index is 5.47. The number of anilines is 1. The first-order chi connectivity index (χ1) is 11.4. The number of rotatable bonds is 3. The predicted octanol–water partition coefficient (Wildman–Crippen LogP) is 3.56. The first kappa shape index (κ1) is 14.0. The van der Waals surface area contributed by atoms with Gasteiger partial charge in [0.2, 0.25) is 5.66 Å². The third kappa shape index (κ3) is 2.41. The number of benzene rings is 2. The second-order valence-corrected chi connectivity index (χ2v) is 5.53. The summed E-state index contributed by atoms with van der Waals surface area (Å²) in [6, 6.07) is 18.2. The van der Waals surface area contributed by atoms with E-state index in [0.717, 1.165) is 43.1 Å². The summed E-state index contributed by atoms with van der Waals surface area (Å²) in [6.07, 6.45) is 0. The maximum absolute atomic E-state index is 5.47. The van der Waals surface area contributed by atoms with E-state index in [4.69, 9.17) is 4.74 Å².